The van der Waals surface area contributed by atoms with Gasteiger partial charge in [-0.1, -0.05) is 25.1 Å². The SMILES string of the molecule is CCc1nn(CC)c(-c2cccc(CN)c2)c1-c1ccncc1.N. The van der Waals surface area contributed by atoms with Crippen LogP contribution in [0.15, 0.2) is 48.8 Å². The summed E-state index contributed by atoms with van der Waals surface area (Å²) in [6.45, 7) is 5.64. The molecule has 0 atom stereocenters. The third-order valence-electron chi connectivity index (χ3n) is 4.06. The molecule has 0 aliphatic rings. The quantitative estimate of drug-likeness (QED) is 0.746. The van der Waals surface area contributed by atoms with Crippen LogP contribution in [0.25, 0.3) is 22.4 Å². The summed E-state index contributed by atoms with van der Waals surface area (Å²) < 4.78 is 2.09. The highest BCUT2D eigenvalue weighted by molar-refractivity contribution is 5.83. The molecule has 2 heterocycles. The third kappa shape index (κ3) is 3.22. The fraction of sp³-hybridized carbons (Fsp3) is 0.263. The Kier molecular flexibility index (Phi) is 5.84. The lowest BCUT2D eigenvalue weighted by molar-refractivity contribution is 0.655. The maximum atomic E-state index is 5.82. The van der Waals surface area contributed by atoms with Crippen molar-refractivity contribution in [2.75, 3.05) is 0 Å². The Bertz CT molecular complexity index is 793. The first-order chi connectivity index (χ1) is 11.3. The Morgan fingerprint density at radius 1 is 1.04 bits per heavy atom. The topological polar surface area (TPSA) is 91.7 Å². The summed E-state index contributed by atoms with van der Waals surface area (Å²) in [7, 11) is 0. The Morgan fingerprint density at radius 3 is 2.42 bits per heavy atom. The summed E-state index contributed by atoms with van der Waals surface area (Å²) in [6, 6.07) is 12.5. The normalized spacial score (nSPS) is 10.5. The molecule has 0 amide bonds. The number of hydrogen-bond acceptors (Lipinski definition) is 4. The summed E-state index contributed by atoms with van der Waals surface area (Å²) >= 11 is 0. The number of nitrogens with zero attached hydrogens (tertiary/aromatic N) is 3. The highest BCUT2D eigenvalue weighted by atomic mass is 15.3. The van der Waals surface area contributed by atoms with Crippen molar-refractivity contribution in [3.05, 3.63) is 60.0 Å². The average molecular weight is 323 g/mol. The minimum Gasteiger partial charge on any atom is -0.344 e. The van der Waals surface area contributed by atoms with E-state index < -0.39 is 0 Å². The predicted octanol–water partition coefficient (Wildman–Crippen LogP) is 3.82. The van der Waals surface area contributed by atoms with Gasteiger partial charge in [0, 0.05) is 36.6 Å². The van der Waals surface area contributed by atoms with Gasteiger partial charge in [0.2, 0.25) is 0 Å². The monoisotopic (exact) mass is 323 g/mol. The molecule has 5 nitrogen and oxygen atoms in total. The van der Waals surface area contributed by atoms with E-state index in [0.29, 0.717) is 6.54 Å². The van der Waals surface area contributed by atoms with Gasteiger partial charge in [-0.05, 0) is 42.7 Å². The lowest BCUT2D eigenvalue weighted by Crippen LogP contribution is -2.01. The second kappa shape index (κ2) is 7.86. The molecular formula is C19H25N5. The maximum Gasteiger partial charge on any atom is 0.0763 e. The highest BCUT2D eigenvalue weighted by Gasteiger charge is 2.19. The molecule has 126 valence electrons. The zero-order chi connectivity index (χ0) is 16.2. The lowest BCUT2D eigenvalue weighted by Gasteiger charge is -2.10. The first kappa shape index (κ1) is 17.8. The molecule has 0 saturated carbocycles. The molecule has 0 aliphatic carbocycles. The van der Waals surface area contributed by atoms with Crippen molar-refractivity contribution in [3.8, 4) is 22.4 Å². The first-order valence-electron chi connectivity index (χ1n) is 8.07. The van der Waals surface area contributed by atoms with E-state index in [1.54, 1.807) is 0 Å². The maximum absolute atomic E-state index is 5.82. The smallest absolute Gasteiger partial charge is 0.0763 e. The van der Waals surface area contributed by atoms with Gasteiger partial charge in [-0.3, -0.25) is 9.67 Å². The van der Waals surface area contributed by atoms with Gasteiger partial charge in [0.25, 0.3) is 0 Å². The minimum absolute atomic E-state index is 0. The molecule has 2 aromatic heterocycles. The fourth-order valence-corrected chi connectivity index (χ4v) is 2.95. The van der Waals surface area contributed by atoms with Gasteiger partial charge in [-0.25, -0.2) is 0 Å². The summed E-state index contributed by atoms with van der Waals surface area (Å²) in [5, 5.41) is 4.82. The molecule has 24 heavy (non-hydrogen) atoms. The molecule has 5 N–H and O–H groups in total. The number of aryl methyl sites for hydroxylation is 2. The molecule has 0 unspecified atom stereocenters. The minimum atomic E-state index is 0. The van der Waals surface area contributed by atoms with Crippen LogP contribution in [-0.4, -0.2) is 14.8 Å². The van der Waals surface area contributed by atoms with Gasteiger partial charge in [-0.2, -0.15) is 5.10 Å². The van der Waals surface area contributed by atoms with Crippen LogP contribution < -0.4 is 11.9 Å². The van der Waals surface area contributed by atoms with E-state index in [0.717, 1.165) is 41.0 Å². The molecule has 0 saturated heterocycles. The van der Waals surface area contributed by atoms with Crippen LogP contribution in [0.3, 0.4) is 0 Å². The third-order valence-corrected chi connectivity index (χ3v) is 4.06. The molecule has 3 aromatic rings. The number of aromatic nitrogens is 3. The molecule has 0 fully saturated rings. The van der Waals surface area contributed by atoms with Crippen LogP contribution >= 0.6 is 0 Å². The van der Waals surface area contributed by atoms with Crippen LogP contribution in [0.1, 0.15) is 25.1 Å². The van der Waals surface area contributed by atoms with Gasteiger partial charge in [-0.15, -0.1) is 0 Å². The molecule has 1 aromatic carbocycles. The van der Waals surface area contributed by atoms with Gasteiger partial charge >= 0.3 is 0 Å². The summed E-state index contributed by atoms with van der Waals surface area (Å²) in [4.78, 5) is 4.14. The molecule has 0 radical (unpaired) electrons. The van der Waals surface area contributed by atoms with Gasteiger partial charge in [0.1, 0.15) is 0 Å². The average Bonchev–Trinajstić information content (AvgIpc) is 3.01. The zero-order valence-electron chi connectivity index (χ0n) is 14.4. The molecular weight excluding hydrogens is 298 g/mol. The van der Waals surface area contributed by atoms with Crippen LogP contribution in [0.4, 0.5) is 0 Å². The van der Waals surface area contributed by atoms with Crippen LogP contribution in [0.2, 0.25) is 0 Å². The van der Waals surface area contributed by atoms with E-state index in [1.807, 2.05) is 24.5 Å². The van der Waals surface area contributed by atoms with E-state index in [1.165, 1.54) is 5.56 Å². The van der Waals surface area contributed by atoms with Gasteiger partial charge < -0.3 is 11.9 Å². The summed E-state index contributed by atoms with van der Waals surface area (Å²) in [6.07, 6.45) is 4.56. The number of nitrogens with two attached hydrogens (primary N) is 1. The fourth-order valence-electron chi connectivity index (χ4n) is 2.95. The number of hydrogen-bond donors (Lipinski definition) is 2. The van der Waals surface area contributed by atoms with E-state index in [9.17, 15) is 0 Å². The Balaban J connectivity index is 0.00000208. The molecule has 0 bridgehead atoms. The van der Waals surface area contributed by atoms with Crippen molar-refractivity contribution < 1.29 is 0 Å². The molecule has 0 spiro atoms. The molecule has 0 aliphatic heterocycles. The van der Waals surface area contributed by atoms with Crippen LogP contribution in [-0.2, 0) is 19.5 Å². The van der Waals surface area contributed by atoms with Gasteiger partial charge in [0.15, 0.2) is 0 Å². The van der Waals surface area contributed by atoms with E-state index in [2.05, 4.69) is 47.8 Å². The van der Waals surface area contributed by atoms with Crippen LogP contribution in [0.5, 0.6) is 0 Å². The van der Waals surface area contributed by atoms with E-state index >= 15 is 0 Å². The highest BCUT2D eigenvalue weighted by Crippen LogP contribution is 2.35. The standard InChI is InChI=1S/C19H22N4.H3N/c1-3-17-18(15-8-10-21-11-9-15)19(23(4-2)22-17)16-7-5-6-14(12-16)13-20;/h5-12H,3-4,13,20H2,1-2H3;1H3. The van der Waals surface area contributed by atoms with Crippen molar-refractivity contribution >= 4 is 0 Å². The number of rotatable bonds is 5. The molecule has 3 rings (SSSR count). The largest absolute Gasteiger partial charge is 0.344 e. The summed E-state index contributed by atoms with van der Waals surface area (Å²) in [5.74, 6) is 0. The van der Waals surface area contributed by atoms with Crippen molar-refractivity contribution in [1.82, 2.24) is 20.9 Å². The van der Waals surface area contributed by atoms with Gasteiger partial charge in [0.05, 0.1) is 11.4 Å². The second-order valence-corrected chi connectivity index (χ2v) is 5.48. The lowest BCUT2D eigenvalue weighted by atomic mass is 9.97. The molecule has 5 heteroatoms. The number of pyridine rings is 1. The Morgan fingerprint density at radius 2 is 1.79 bits per heavy atom. The van der Waals surface area contributed by atoms with Crippen molar-refractivity contribution in [1.29, 1.82) is 0 Å². The van der Waals surface area contributed by atoms with Crippen molar-refractivity contribution in [2.24, 2.45) is 5.73 Å². The summed E-state index contributed by atoms with van der Waals surface area (Å²) in [5.41, 5.74) is 12.7. The second-order valence-electron chi connectivity index (χ2n) is 5.48. The Hall–Kier alpha value is -2.50. The van der Waals surface area contributed by atoms with E-state index in [-0.39, 0.29) is 6.15 Å². The van der Waals surface area contributed by atoms with Crippen molar-refractivity contribution in [3.63, 3.8) is 0 Å². The van der Waals surface area contributed by atoms with E-state index in [4.69, 9.17) is 10.8 Å². The number of benzene rings is 1. The van der Waals surface area contributed by atoms with Crippen molar-refractivity contribution in [2.45, 2.75) is 33.4 Å². The zero-order valence-corrected chi connectivity index (χ0v) is 14.4. The first-order valence-corrected chi connectivity index (χ1v) is 8.07. The Labute approximate surface area is 143 Å². The predicted molar refractivity (Wildman–Crippen MR) is 98.9 cm³/mol. The van der Waals surface area contributed by atoms with Crippen LogP contribution in [0, 0.1) is 0 Å².